The number of aromatic nitrogens is 4. The van der Waals surface area contributed by atoms with Gasteiger partial charge in [-0.15, -0.1) is 0 Å². The van der Waals surface area contributed by atoms with Gasteiger partial charge in [0.25, 0.3) is 0 Å². The number of carboxylic acids is 1. The van der Waals surface area contributed by atoms with E-state index in [9.17, 15) is 14.7 Å². The minimum absolute atomic E-state index is 0.0349. The molecule has 158 valence electrons. The highest BCUT2D eigenvalue weighted by molar-refractivity contribution is 5.80. The van der Waals surface area contributed by atoms with E-state index < -0.39 is 23.7 Å². The molecule has 0 fully saturated rings. The maximum absolute atomic E-state index is 13.0. The molecule has 0 bridgehead atoms. The van der Waals surface area contributed by atoms with E-state index in [2.05, 4.69) is 19.9 Å². The highest BCUT2D eigenvalue weighted by Gasteiger charge is 2.34. The van der Waals surface area contributed by atoms with Gasteiger partial charge in [0.15, 0.2) is 0 Å². The van der Waals surface area contributed by atoms with Crippen molar-refractivity contribution in [2.45, 2.75) is 45.4 Å². The highest BCUT2D eigenvalue weighted by atomic mass is 16.6. The van der Waals surface area contributed by atoms with Crippen LogP contribution in [0.25, 0.3) is 11.4 Å². The SMILES string of the molecule is CC(C)(C)OC(=O)N(Cc1ccccc1-c1ncc[nH]1)[C@@H](Cc1c[nH]cn1)C(=O)O. The van der Waals surface area contributed by atoms with Gasteiger partial charge >= 0.3 is 12.1 Å². The summed E-state index contributed by atoms with van der Waals surface area (Å²) in [6, 6.07) is 6.23. The summed E-state index contributed by atoms with van der Waals surface area (Å²) in [5.74, 6) is -0.506. The van der Waals surface area contributed by atoms with E-state index in [-0.39, 0.29) is 13.0 Å². The predicted molar refractivity (Wildman–Crippen MR) is 110 cm³/mol. The third kappa shape index (κ3) is 5.25. The van der Waals surface area contributed by atoms with Crippen molar-refractivity contribution in [3.8, 4) is 11.4 Å². The standard InChI is InChI=1S/C21H25N5O4/c1-21(2,3)30-20(29)26(17(19(27)28)10-15-11-22-13-25-15)12-14-6-4-5-7-16(14)18-23-8-9-24-18/h4-9,11,13,17H,10,12H2,1-3H3,(H,22,25)(H,23,24)(H,27,28)/t17-/m0/s1. The summed E-state index contributed by atoms with van der Waals surface area (Å²) in [5.41, 5.74) is 1.28. The molecule has 3 N–H and O–H groups in total. The van der Waals surface area contributed by atoms with Crippen LogP contribution in [0.1, 0.15) is 32.0 Å². The first-order valence-corrected chi connectivity index (χ1v) is 9.52. The number of aromatic amines is 2. The highest BCUT2D eigenvalue weighted by Crippen LogP contribution is 2.24. The van der Waals surface area contributed by atoms with Crippen LogP contribution in [0.5, 0.6) is 0 Å². The summed E-state index contributed by atoms with van der Waals surface area (Å²) < 4.78 is 5.52. The lowest BCUT2D eigenvalue weighted by Gasteiger charge is -2.31. The Morgan fingerprint density at radius 3 is 2.60 bits per heavy atom. The van der Waals surface area contributed by atoms with E-state index in [1.807, 2.05) is 24.3 Å². The Labute approximate surface area is 174 Å². The van der Waals surface area contributed by atoms with Crippen molar-refractivity contribution in [1.29, 1.82) is 0 Å². The van der Waals surface area contributed by atoms with Crippen molar-refractivity contribution >= 4 is 12.1 Å². The lowest BCUT2D eigenvalue weighted by molar-refractivity contribution is -0.143. The summed E-state index contributed by atoms with van der Waals surface area (Å²) >= 11 is 0. The van der Waals surface area contributed by atoms with Crippen LogP contribution in [-0.4, -0.2) is 53.6 Å². The van der Waals surface area contributed by atoms with Crippen LogP contribution in [-0.2, 0) is 22.5 Å². The number of nitrogens with zero attached hydrogens (tertiary/aromatic N) is 3. The average Bonchev–Trinajstić information content (AvgIpc) is 3.37. The molecule has 3 rings (SSSR count). The summed E-state index contributed by atoms with van der Waals surface area (Å²) in [6.45, 7) is 5.25. The Kier molecular flexibility index (Phi) is 6.20. The van der Waals surface area contributed by atoms with Gasteiger partial charge in [-0.2, -0.15) is 0 Å². The number of imidazole rings is 2. The number of carbonyl (C=O) groups excluding carboxylic acids is 1. The van der Waals surface area contributed by atoms with E-state index in [0.717, 1.165) is 11.1 Å². The second kappa shape index (κ2) is 8.81. The number of rotatable bonds is 7. The largest absolute Gasteiger partial charge is 0.480 e. The second-order valence-corrected chi connectivity index (χ2v) is 7.82. The smallest absolute Gasteiger partial charge is 0.411 e. The first-order valence-electron chi connectivity index (χ1n) is 9.52. The molecule has 30 heavy (non-hydrogen) atoms. The molecule has 0 aliphatic rings. The fraction of sp³-hybridized carbons (Fsp3) is 0.333. The Morgan fingerprint density at radius 2 is 2.00 bits per heavy atom. The number of ether oxygens (including phenoxy) is 1. The summed E-state index contributed by atoms with van der Waals surface area (Å²) in [6.07, 6.45) is 5.75. The molecule has 0 unspecified atom stereocenters. The van der Waals surface area contributed by atoms with Gasteiger partial charge in [-0.3, -0.25) is 4.90 Å². The van der Waals surface area contributed by atoms with Crippen LogP contribution >= 0.6 is 0 Å². The number of hydrogen-bond donors (Lipinski definition) is 3. The quantitative estimate of drug-likeness (QED) is 0.548. The fourth-order valence-electron chi connectivity index (χ4n) is 3.04. The van der Waals surface area contributed by atoms with E-state index in [1.165, 1.54) is 11.2 Å². The minimum Gasteiger partial charge on any atom is -0.480 e. The molecular formula is C21H25N5O4. The zero-order chi connectivity index (χ0) is 21.7. The van der Waals surface area contributed by atoms with Crippen LogP contribution in [0.4, 0.5) is 4.79 Å². The maximum atomic E-state index is 13.0. The van der Waals surface area contributed by atoms with Crippen LogP contribution in [0.2, 0.25) is 0 Å². The van der Waals surface area contributed by atoms with Crippen LogP contribution in [0, 0.1) is 0 Å². The number of hydrogen-bond acceptors (Lipinski definition) is 5. The maximum Gasteiger partial charge on any atom is 0.411 e. The van der Waals surface area contributed by atoms with Crippen molar-refractivity contribution in [3.05, 3.63) is 60.4 Å². The van der Waals surface area contributed by atoms with Gasteiger partial charge in [0.2, 0.25) is 0 Å². The van der Waals surface area contributed by atoms with Crippen molar-refractivity contribution in [2.75, 3.05) is 0 Å². The van der Waals surface area contributed by atoms with Gasteiger partial charge in [-0.25, -0.2) is 19.6 Å². The Balaban J connectivity index is 1.97. The van der Waals surface area contributed by atoms with Gasteiger partial charge in [0, 0.05) is 30.6 Å². The molecule has 9 nitrogen and oxygen atoms in total. The molecule has 2 heterocycles. The molecule has 2 aromatic heterocycles. The normalized spacial score (nSPS) is 12.4. The van der Waals surface area contributed by atoms with Crippen molar-refractivity contribution in [2.24, 2.45) is 0 Å². The summed E-state index contributed by atoms with van der Waals surface area (Å²) in [7, 11) is 0. The van der Waals surface area contributed by atoms with Gasteiger partial charge in [0.05, 0.1) is 18.6 Å². The van der Waals surface area contributed by atoms with E-state index in [4.69, 9.17) is 4.74 Å². The third-order valence-electron chi connectivity index (χ3n) is 4.36. The summed E-state index contributed by atoms with van der Waals surface area (Å²) in [5, 5.41) is 9.92. The molecular weight excluding hydrogens is 386 g/mol. The van der Waals surface area contributed by atoms with Crippen LogP contribution < -0.4 is 0 Å². The fourth-order valence-corrected chi connectivity index (χ4v) is 3.04. The minimum atomic E-state index is -1.16. The first-order chi connectivity index (χ1) is 14.2. The molecule has 9 heteroatoms. The average molecular weight is 411 g/mol. The van der Waals surface area contributed by atoms with E-state index in [1.54, 1.807) is 39.4 Å². The Hall–Kier alpha value is -3.62. The van der Waals surface area contributed by atoms with Gasteiger partial charge in [-0.1, -0.05) is 24.3 Å². The molecule has 0 saturated carbocycles. The number of carbonyl (C=O) groups is 2. The first kappa shape index (κ1) is 21.1. The molecule has 0 spiro atoms. The van der Waals surface area contributed by atoms with Crippen molar-refractivity contribution in [3.63, 3.8) is 0 Å². The Bertz CT molecular complexity index is 977. The molecule has 0 radical (unpaired) electrons. The molecule has 1 amide bonds. The number of aliphatic carboxylic acids is 1. The van der Waals surface area contributed by atoms with Crippen LogP contribution in [0.15, 0.2) is 49.2 Å². The van der Waals surface area contributed by atoms with Crippen molar-refractivity contribution < 1.29 is 19.4 Å². The topological polar surface area (TPSA) is 124 Å². The zero-order valence-electron chi connectivity index (χ0n) is 17.1. The number of carboxylic acid groups (broad SMARTS) is 1. The van der Waals surface area contributed by atoms with Crippen molar-refractivity contribution in [1.82, 2.24) is 24.8 Å². The second-order valence-electron chi connectivity index (χ2n) is 7.82. The van der Waals surface area contributed by atoms with E-state index >= 15 is 0 Å². The number of H-pyrrole nitrogens is 2. The Morgan fingerprint density at radius 1 is 1.23 bits per heavy atom. The lowest BCUT2D eigenvalue weighted by atomic mass is 10.0. The number of nitrogens with one attached hydrogen (secondary N) is 2. The third-order valence-corrected chi connectivity index (χ3v) is 4.36. The van der Waals surface area contributed by atoms with Gasteiger partial charge in [0.1, 0.15) is 17.5 Å². The number of amides is 1. The predicted octanol–water partition coefficient (Wildman–Crippen LogP) is 3.23. The molecule has 0 aliphatic heterocycles. The monoisotopic (exact) mass is 411 g/mol. The van der Waals surface area contributed by atoms with E-state index in [0.29, 0.717) is 11.5 Å². The molecule has 0 aliphatic carbocycles. The zero-order valence-corrected chi connectivity index (χ0v) is 17.1. The summed E-state index contributed by atoms with van der Waals surface area (Å²) in [4.78, 5) is 40.6. The molecule has 1 aromatic carbocycles. The van der Waals surface area contributed by atoms with Gasteiger partial charge in [-0.05, 0) is 26.3 Å². The number of benzene rings is 1. The molecule has 3 aromatic rings. The molecule has 0 saturated heterocycles. The lowest BCUT2D eigenvalue weighted by Crippen LogP contribution is -2.48. The van der Waals surface area contributed by atoms with Gasteiger partial charge < -0.3 is 19.8 Å². The molecule has 1 atom stereocenters. The van der Waals surface area contributed by atoms with Crippen LogP contribution in [0.3, 0.4) is 0 Å².